The zero-order valence-electron chi connectivity index (χ0n) is 13.7. The van der Waals surface area contributed by atoms with E-state index in [2.05, 4.69) is 10.3 Å². The van der Waals surface area contributed by atoms with E-state index >= 15 is 0 Å². The van der Waals surface area contributed by atoms with Crippen LogP contribution in [0, 0.1) is 0 Å². The summed E-state index contributed by atoms with van der Waals surface area (Å²) in [4.78, 5) is 4.42. The highest BCUT2D eigenvalue weighted by atomic mass is 35.5. The Morgan fingerprint density at radius 3 is 2.62 bits per heavy atom. The molecule has 0 radical (unpaired) electrons. The van der Waals surface area contributed by atoms with Crippen molar-refractivity contribution in [3.8, 4) is 0 Å². The smallest absolute Gasteiger partial charge is 0.243 e. The minimum atomic E-state index is -3.50. The maximum Gasteiger partial charge on any atom is 0.243 e. The highest BCUT2D eigenvalue weighted by Crippen LogP contribution is 2.26. The number of pyridine rings is 1. The van der Waals surface area contributed by atoms with Crippen molar-refractivity contribution in [2.24, 2.45) is 0 Å². The fourth-order valence-corrected chi connectivity index (χ4v) is 4.98. The van der Waals surface area contributed by atoms with E-state index in [1.807, 2.05) is 26.0 Å². The monoisotopic (exact) mass is 391 g/mol. The molecule has 2 heterocycles. The Bertz CT molecular complexity index is 774. The molecule has 0 unspecified atom stereocenters. The van der Waals surface area contributed by atoms with Crippen LogP contribution in [-0.4, -0.2) is 42.9 Å². The SMILES string of the molecule is C[C@@H]1CCNC[C@H](C)N1S(=O)(=O)c1ccc2cnccc2c1.Cl.Cl. The van der Waals surface area contributed by atoms with Crippen LogP contribution in [-0.2, 0) is 10.0 Å². The standard InChI is InChI=1S/C16H21N3O2S.2ClH/c1-12-5-7-17-10-13(2)19(12)22(20,21)16-4-3-15-11-18-8-6-14(15)9-16;;/h3-4,6,8-9,11-13,17H,5,7,10H2,1-2H3;2*1H/t12-,13+;;/m1../s1. The molecule has 0 spiro atoms. The Labute approximate surface area is 155 Å². The number of benzene rings is 1. The Kier molecular flexibility index (Phi) is 7.44. The molecule has 1 fully saturated rings. The van der Waals surface area contributed by atoms with Crippen molar-refractivity contribution < 1.29 is 8.42 Å². The Balaban J connectivity index is 0.00000144. The second-order valence-corrected chi connectivity index (χ2v) is 7.75. The van der Waals surface area contributed by atoms with Gasteiger partial charge < -0.3 is 5.32 Å². The molecule has 0 amide bonds. The first-order valence-electron chi connectivity index (χ1n) is 7.58. The lowest BCUT2D eigenvalue weighted by Gasteiger charge is -2.31. The quantitative estimate of drug-likeness (QED) is 0.854. The molecule has 2 atom stereocenters. The van der Waals surface area contributed by atoms with Crippen molar-refractivity contribution >= 4 is 45.6 Å². The first-order valence-corrected chi connectivity index (χ1v) is 9.02. The number of halogens is 2. The number of sulfonamides is 1. The van der Waals surface area contributed by atoms with E-state index < -0.39 is 10.0 Å². The van der Waals surface area contributed by atoms with Gasteiger partial charge in [0.25, 0.3) is 0 Å². The van der Waals surface area contributed by atoms with Crippen molar-refractivity contribution in [3.05, 3.63) is 36.7 Å². The molecule has 1 saturated heterocycles. The summed E-state index contributed by atoms with van der Waals surface area (Å²) in [6.07, 6.45) is 4.24. The lowest BCUT2D eigenvalue weighted by atomic mass is 10.2. The van der Waals surface area contributed by atoms with Gasteiger partial charge in [-0.25, -0.2) is 8.42 Å². The fourth-order valence-electron chi connectivity index (χ4n) is 3.09. The number of hydrogen-bond donors (Lipinski definition) is 1. The summed E-state index contributed by atoms with van der Waals surface area (Å²) in [5.41, 5.74) is 0. The predicted octanol–water partition coefficient (Wildman–Crippen LogP) is 2.84. The summed E-state index contributed by atoms with van der Waals surface area (Å²) in [6, 6.07) is 7.01. The van der Waals surface area contributed by atoms with Crippen LogP contribution in [0.2, 0.25) is 0 Å². The third-order valence-electron chi connectivity index (χ3n) is 4.23. The van der Waals surface area contributed by atoms with Crippen LogP contribution in [0.3, 0.4) is 0 Å². The van der Waals surface area contributed by atoms with E-state index in [0.717, 1.165) is 23.7 Å². The summed E-state index contributed by atoms with van der Waals surface area (Å²) in [5.74, 6) is 0. The molecule has 5 nitrogen and oxygen atoms in total. The largest absolute Gasteiger partial charge is 0.315 e. The Morgan fingerprint density at radius 2 is 1.88 bits per heavy atom. The number of rotatable bonds is 2. The summed E-state index contributed by atoms with van der Waals surface area (Å²) >= 11 is 0. The number of hydrogen-bond acceptors (Lipinski definition) is 4. The second kappa shape index (κ2) is 8.45. The molecule has 1 N–H and O–H groups in total. The van der Waals surface area contributed by atoms with Crippen molar-refractivity contribution in [2.45, 2.75) is 37.2 Å². The van der Waals surface area contributed by atoms with Crippen LogP contribution in [0.1, 0.15) is 20.3 Å². The number of nitrogens with zero attached hydrogens (tertiary/aromatic N) is 2. The van der Waals surface area contributed by atoms with Gasteiger partial charge in [-0.05, 0) is 50.4 Å². The van der Waals surface area contributed by atoms with E-state index in [1.54, 1.807) is 28.8 Å². The maximum atomic E-state index is 13.1. The molecule has 1 aromatic heterocycles. The first-order chi connectivity index (χ1) is 10.5. The third-order valence-corrected chi connectivity index (χ3v) is 6.36. The maximum absolute atomic E-state index is 13.1. The highest BCUT2D eigenvalue weighted by Gasteiger charge is 2.34. The van der Waals surface area contributed by atoms with Crippen molar-refractivity contribution in [2.75, 3.05) is 13.1 Å². The van der Waals surface area contributed by atoms with E-state index in [1.165, 1.54) is 0 Å². The molecule has 1 aliphatic heterocycles. The van der Waals surface area contributed by atoms with E-state index in [-0.39, 0.29) is 36.9 Å². The van der Waals surface area contributed by atoms with Crippen LogP contribution in [0.25, 0.3) is 10.8 Å². The molecular weight excluding hydrogens is 369 g/mol. The highest BCUT2D eigenvalue weighted by molar-refractivity contribution is 7.89. The molecule has 1 aromatic carbocycles. The first kappa shape index (κ1) is 21.1. The zero-order chi connectivity index (χ0) is 15.7. The predicted molar refractivity (Wildman–Crippen MR) is 102 cm³/mol. The van der Waals surface area contributed by atoms with E-state index in [4.69, 9.17) is 0 Å². The van der Waals surface area contributed by atoms with Crippen LogP contribution < -0.4 is 5.32 Å². The topological polar surface area (TPSA) is 62.3 Å². The zero-order valence-corrected chi connectivity index (χ0v) is 16.1. The van der Waals surface area contributed by atoms with Crippen molar-refractivity contribution in [1.29, 1.82) is 0 Å². The average molecular weight is 392 g/mol. The fraction of sp³-hybridized carbons (Fsp3) is 0.438. The summed E-state index contributed by atoms with van der Waals surface area (Å²) in [7, 11) is -3.50. The van der Waals surface area contributed by atoms with Gasteiger partial charge in [-0.2, -0.15) is 4.31 Å². The van der Waals surface area contributed by atoms with Gasteiger partial charge in [0.15, 0.2) is 0 Å². The minimum absolute atomic E-state index is 0. The number of aromatic nitrogens is 1. The minimum Gasteiger partial charge on any atom is -0.315 e. The van der Waals surface area contributed by atoms with Gasteiger partial charge in [0, 0.05) is 36.4 Å². The molecule has 0 saturated carbocycles. The third kappa shape index (κ3) is 4.00. The van der Waals surface area contributed by atoms with Crippen molar-refractivity contribution in [3.63, 3.8) is 0 Å². The molecule has 0 bridgehead atoms. The van der Waals surface area contributed by atoms with Gasteiger partial charge in [-0.1, -0.05) is 6.07 Å². The van der Waals surface area contributed by atoms with E-state index in [0.29, 0.717) is 11.4 Å². The Morgan fingerprint density at radius 1 is 1.12 bits per heavy atom. The van der Waals surface area contributed by atoms with Gasteiger partial charge in [0.05, 0.1) is 4.90 Å². The lowest BCUT2D eigenvalue weighted by molar-refractivity contribution is 0.286. The summed E-state index contributed by atoms with van der Waals surface area (Å²) < 4.78 is 27.8. The van der Waals surface area contributed by atoms with Gasteiger partial charge in [0.2, 0.25) is 10.0 Å². The average Bonchev–Trinajstić information content (AvgIpc) is 2.67. The molecular formula is C16H23Cl2N3O2S. The normalized spacial score (nSPS) is 22.2. The molecule has 0 aliphatic carbocycles. The lowest BCUT2D eigenvalue weighted by Crippen LogP contribution is -2.45. The summed E-state index contributed by atoms with van der Waals surface area (Å²) in [6.45, 7) is 5.46. The van der Waals surface area contributed by atoms with Gasteiger partial charge in [-0.3, -0.25) is 4.98 Å². The number of fused-ring (bicyclic) bond motifs is 1. The summed E-state index contributed by atoms with van der Waals surface area (Å²) in [5, 5.41) is 5.13. The van der Waals surface area contributed by atoms with Crippen LogP contribution in [0.4, 0.5) is 0 Å². The van der Waals surface area contributed by atoms with Crippen LogP contribution >= 0.6 is 24.8 Å². The molecule has 3 rings (SSSR count). The van der Waals surface area contributed by atoms with Gasteiger partial charge in [0.1, 0.15) is 0 Å². The Hall–Kier alpha value is -0.920. The van der Waals surface area contributed by atoms with Crippen LogP contribution in [0.15, 0.2) is 41.6 Å². The van der Waals surface area contributed by atoms with Crippen molar-refractivity contribution in [1.82, 2.24) is 14.6 Å². The van der Waals surface area contributed by atoms with Crippen LogP contribution in [0.5, 0.6) is 0 Å². The van der Waals surface area contributed by atoms with E-state index in [9.17, 15) is 8.42 Å². The molecule has 8 heteroatoms. The number of nitrogens with one attached hydrogen (secondary N) is 1. The molecule has 24 heavy (non-hydrogen) atoms. The molecule has 134 valence electrons. The van der Waals surface area contributed by atoms with Gasteiger partial charge >= 0.3 is 0 Å². The molecule has 1 aliphatic rings. The second-order valence-electron chi connectivity index (χ2n) is 5.91. The molecule has 2 aromatic rings. The van der Waals surface area contributed by atoms with Gasteiger partial charge in [-0.15, -0.1) is 24.8 Å².